The third kappa shape index (κ3) is 5.59. The summed E-state index contributed by atoms with van der Waals surface area (Å²) >= 11 is 0. The van der Waals surface area contributed by atoms with Crippen molar-refractivity contribution in [2.45, 2.75) is 39.3 Å². The van der Waals surface area contributed by atoms with Gasteiger partial charge in [-0.05, 0) is 30.5 Å². The van der Waals surface area contributed by atoms with Crippen LogP contribution in [0, 0.1) is 17.6 Å². The molecule has 128 valence electrons. The van der Waals surface area contributed by atoms with Gasteiger partial charge in [0.15, 0.2) is 0 Å². The number of carbonyl (C=O) groups is 2. The van der Waals surface area contributed by atoms with Gasteiger partial charge in [-0.25, -0.2) is 8.78 Å². The highest BCUT2D eigenvalue weighted by Crippen LogP contribution is 2.21. The number of halogens is 2. The van der Waals surface area contributed by atoms with E-state index in [0.29, 0.717) is 6.42 Å². The lowest BCUT2D eigenvalue weighted by Gasteiger charge is -2.19. The summed E-state index contributed by atoms with van der Waals surface area (Å²) in [7, 11) is 0. The van der Waals surface area contributed by atoms with Gasteiger partial charge in [0.25, 0.3) is 0 Å². The van der Waals surface area contributed by atoms with Crippen LogP contribution in [0.15, 0.2) is 18.2 Å². The Bertz CT molecular complexity index is 564. The Labute approximate surface area is 134 Å². The van der Waals surface area contributed by atoms with Crippen molar-refractivity contribution >= 4 is 11.8 Å². The van der Waals surface area contributed by atoms with E-state index in [0.717, 1.165) is 18.2 Å². The predicted octanol–water partition coefficient (Wildman–Crippen LogP) is 1.63. The quantitative estimate of drug-likeness (QED) is 0.712. The molecule has 0 saturated carbocycles. The van der Waals surface area contributed by atoms with Crippen molar-refractivity contribution in [2.75, 3.05) is 6.54 Å². The largest absolute Gasteiger partial charge is 0.348 e. The first-order chi connectivity index (χ1) is 10.8. The molecule has 0 bridgehead atoms. The second-order valence-electron chi connectivity index (χ2n) is 5.68. The molecule has 5 nitrogen and oxygen atoms in total. The van der Waals surface area contributed by atoms with Gasteiger partial charge in [0.2, 0.25) is 11.8 Å². The fourth-order valence-corrected chi connectivity index (χ4v) is 2.01. The molecule has 0 aromatic heterocycles. The van der Waals surface area contributed by atoms with E-state index < -0.39 is 35.5 Å². The SMILES string of the molecule is CCC(NC(=O)CNC(=O)[C@@H](N)C(C)C)c1cc(F)ccc1F. The Morgan fingerprint density at radius 3 is 2.48 bits per heavy atom. The number of nitrogens with two attached hydrogens (primary N) is 1. The van der Waals surface area contributed by atoms with Gasteiger partial charge in [0.05, 0.1) is 18.6 Å². The van der Waals surface area contributed by atoms with E-state index in [-0.39, 0.29) is 18.0 Å². The molecule has 1 unspecified atom stereocenters. The Morgan fingerprint density at radius 2 is 1.91 bits per heavy atom. The van der Waals surface area contributed by atoms with Gasteiger partial charge in [-0.2, -0.15) is 0 Å². The normalized spacial score (nSPS) is 13.5. The molecule has 0 aliphatic rings. The van der Waals surface area contributed by atoms with Crippen molar-refractivity contribution in [3.05, 3.63) is 35.4 Å². The molecule has 0 spiro atoms. The van der Waals surface area contributed by atoms with E-state index in [1.54, 1.807) is 20.8 Å². The topological polar surface area (TPSA) is 84.2 Å². The van der Waals surface area contributed by atoms with Gasteiger partial charge in [0, 0.05) is 5.56 Å². The molecule has 0 aliphatic heterocycles. The van der Waals surface area contributed by atoms with E-state index in [9.17, 15) is 18.4 Å². The third-order valence-corrected chi connectivity index (χ3v) is 3.52. The van der Waals surface area contributed by atoms with E-state index in [4.69, 9.17) is 5.73 Å². The van der Waals surface area contributed by atoms with Crippen LogP contribution in [-0.2, 0) is 9.59 Å². The first-order valence-electron chi connectivity index (χ1n) is 7.53. The lowest BCUT2D eigenvalue weighted by Crippen LogP contribution is -2.47. The number of hydrogen-bond donors (Lipinski definition) is 3. The minimum atomic E-state index is -0.703. The number of benzene rings is 1. The second kappa shape index (κ2) is 8.57. The van der Waals surface area contributed by atoms with Crippen LogP contribution in [0.25, 0.3) is 0 Å². The molecule has 2 amide bonds. The van der Waals surface area contributed by atoms with Crippen molar-refractivity contribution in [2.24, 2.45) is 11.7 Å². The highest BCUT2D eigenvalue weighted by Gasteiger charge is 2.20. The Balaban J connectivity index is 2.64. The van der Waals surface area contributed by atoms with Crippen LogP contribution >= 0.6 is 0 Å². The van der Waals surface area contributed by atoms with Crippen molar-refractivity contribution in [3.8, 4) is 0 Å². The van der Waals surface area contributed by atoms with E-state index in [1.165, 1.54) is 0 Å². The average Bonchev–Trinajstić information content (AvgIpc) is 2.51. The van der Waals surface area contributed by atoms with Gasteiger partial charge in [-0.3, -0.25) is 9.59 Å². The van der Waals surface area contributed by atoms with Crippen LogP contribution in [0.1, 0.15) is 38.8 Å². The van der Waals surface area contributed by atoms with E-state index in [1.807, 2.05) is 0 Å². The number of carbonyl (C=O) groups excluding carboxylic acids is 2. The number of nitrogens with one attached hydrogen (secondary N) is 2. The van der Waals surface area contributed by atoms with Crippen LogP contribution in [0.5, 0.6) is 0 Å². The van der Waals surface area contributed by atoms with E-state index in [2.05, 4.69) is 10.6 Å². The summed E-state index contributed by atoms with van der Waals surface area (Å²) in [6.07, 6.45) is 0.381. The van der Waals surface area contributed by atoms with Gasteiger partial charge >= 0.3 is 0 Å². The molecule has 0 heterocycles. The number of amides is 2. The molecule has 23 heavy (non-hydrogen) atoms. The zero-order valence-electron chi connectivity index (χ0n) is 13.5. The van der Waals surface area contributed by atoms with Crippen LogP contribution in [0.2, 0.25) is 0 Å². The maximum Gasteiger partial charge on any atom is 0.239 e. The number of hydrogen-bond acceptors (Lipinski definition) is 3. The molecular formula is C16H23F2N3O2. The Hall–Kier alpha value is -2.02. The van der Waals surface area contributed by atoms with Crippen LogP contribution in [-0.4, -0.2) is 24.4 Å². The van der Waals surface area contributed by atoms with Crippen LogP contribution < -0.4 is 16.4 Å². The molecule has 1 aromatic carbocycles. The molecule has 0 fully saturated rings. The van der Waals surface area contributed by atoms with Crippen molar-refractivity contribution in [1.82, 2.24) is 10.6 Å². The third-order valence-electron chi connectivity index (χ3n) is 3.52. The monoisotopic (exact) mass is 327 g/mol. The lowest BCUT2D eigenvalue weighted by molar-refractivity contribution is -0.127. The maximum absolute atomic E-state index is 13.8. The smallest absolute Gasteiger partial charge is 0.239 e. The molecule has 1 rings (SSSR count). The minimum Gasteiger partial charge on any atom is -0.348 e. The molecule has 7 heteroatoms. The van der Waals surface area contributed by atoms with Crippen molar-refractivity contribution in [1.29, 1.82) is 0 Å². The summed E-state index contributed by atoms with van der Waals surface area (Å²) in [5.74, 6) is -2.15. The summed E-state index contributed by atoms with van der Waals surface area (Å²) in [5, 5.41) is 5.00. The zero-order chi connectivity index (χ0) is 17.6. The van der Waals surface area contributed by atoms with Crippen LogP contribution in [0.4, 0.5) is 8.78 Å². The fourth-order valence-electron chi connectivity index (χ4n) is 2.01. The molecule has 1 aromatic rings. The van der Waals surface area contributed by atoms with Crippen molar-refractivity contribution in [3.63, 3.8) is 0 Å². The highest BCUT2D eigenvalue weighted by molar-refractivity contribution is 5.87. The summed E-state index contributed by atoms with van der Waals surface area (Å²) in [4.78, 5) is 23.6. The first kappa shape index (κ1) is 19.0. The summed E-state index contributed by atoms with van der Waals surface area (Å²) in [6.45, 7) is 5.06. The average molecular weight is 327 g/mol. The fraction of sp³-hybridized carbons (Fsp3) is 0.500. The van der Waals surface area contributed by atoms with Gasteiger partial charge < -0.3 is 16.4 Å². The van der Waals surface area contributed by atoms with Gasteiger partial charge in [-0.1, -0.05) is 20.8 Å². The zero-order valence-corrected chi connectivity index (χ0v) is 13.5. The van der Waals surface area contributed by atoms with Crippen LogP contribution in [0.3, 0.4) is 0 Å². The van der Waals surface area contributed by atoms with Gasteiger partial charge in [-0.15, -0.1) is 0 Å². The lowest BCUT2D eigenvalue weighted by atomic mass is 10.0. The molecule has 0 saturated heterocycles. The summed E-state index contributed by atoms with van der Waals surface area (Å²) in [5.41, 5.74) is 5.74. The minimum absolute atomic E-state index is 0.0529. The predicted molar refractivity (Wildman–Crippen MR) is 83.4 cm³/mol. The molecule has 2 atom stereocenters. The van der Waals surface area contributed by atoms with E-state index >= 15 is 0 Å². The molecular weight excluding hydrogens is 304 g/mol. The second-order valence-corrected chi connectivity index (χ2v) is 5.68. The Morgan fingerprint density at radius 1 is 1.26 bits per heavy atom. The maximum atomic E-state index is 13.8. The molecule has 0 radical (unpaired) electrons. The summed E-state index contributed by atoms with van der Waals surface area (Å²) < 4.78 is 27.0. The number of rotatable bonds is 7. The standard InChI is InChI=1S/C16H23F2N3O2/c1-4-13(11-7-10(17)5-6-12(11)18)21-14(22)8-20-16(23)15(19)9(2)3/h5-7,9,13,15H,4,8,19H2,1-3H3,(H,20,23)(H,21,22)/t13?,15-/m0/s1. The van der Waals surface area contributed by atoms with Gasteiger partial charge in [0.1, 0.15) is 11.6 Å². The Kier molecular flexibility index (Phi) is 7.09. The molecule has 0 aliphatic carbocycles. The summed E-state index contributed by atoms with van der Waals surface area (Å²) in [6, 6.07) is 1.71. The van der Waals surface area contributed by atoms with Crippen molar-refractivity contribution < 1.29 is 18.4 Å². The highest BCUT2D eigenvalue weighted by atomic mass is 19.1. The molecule has 4 N–H and O–H groups in total. The first-order valence-corrected chi connectivity index (χ1v) is 7.53.